The zero-order chi connectivity index (χ0) is 42.0. The number of hydrogen-bond donors (Lipinski definition) is 3. The maximum absolute atomic E-state index is 14.9. The highest BCUT2D eigenvalue weighted by molar-refractivity contribution is 7.89. The molecule has 3 heterocycles. The maximum Gasteiger partial charge on any atom is 0.408 e. The minimum absolute atomic E-state index is 0.00502. The lowest BCUT2D eigenvalue weighted by atomic mass is 10.0. The number of nitrogens with zero attached hydrogens (tertiary/aromatic N) is 2. The lowest BCUT2D eigenvalue weighted by Gasteiger charge is -2.30. The number of carbonyl (C=O) groups is 4. The summed E-state index contributed by atoms with van der Waals surface area (Å²) >= 11 is 0. The highest BCUT2D eigenvalue weighted by Crippen LogP contribution is 2.46. The average molecular weight is 838 g/mol. The molecular weight excluding hydrogens is 791 g/mol. The molecule has 15 nitrogen and oxygen atoms in total. The first kappa shape index (κ1) is 40.6. The van der Waals surface area contributed by atoms with Crippen molar-refractivity contribution in [2.75, 3.05) is 26.5 Å². The molecule has 2 aliphatic heterocycles. The number of carbonyl (C=O) groups excluding carboxylic acids is 4. The number of fused-ring (bicyclic) bond motifs is 5. The number of methoxy groups -OCH3 is 1. The number of ether oxygens (including phenoxy) is 4. The Hall–Kier alpha value is -6.16. The van der Waals surface area contributed by atoms with Crippen molar-refractivity contribution in [2.45, 2.75) is 74.8 Å². The van der Waals surface area contributed by atoms with E-state index in [1.165, 1.54) is 4.90 Å². The second-order valence-electron chi connectivity index (χ2n) is 15.8. The third kappa shape index (κ3) is 9.03. The van der Waals surface area contributed by atoms with E-state index in [0.717, 1.165) is 37.5 Å². The molecule has 3 aromatic carbocycles. The fourth-order valence-electron chi connectivity index (χ4n) is 8.35. The second-order valence-corrected chi connectivity index (χ2v) is 17.6. The van der Waals surface area contributed by atoms with Crippen LogP contribution in [0, 0.1) is 5.92 Å². The SMILES string of the molecule is COc1ccc2c(O[C@@H]3C[C@H]4C(=O)N[C@@]5(C(=O)NS(C)(=O)=O)CC5/C=C\COc5cccc(c5)C[C@@H](NC(=O)OC5CCCC5)C(=O)N4C3)cc(-c3ccccc3)nc2c1. The first-order valence-electron chi connectivity index (χ1n) is 20.1. The zero-order valence-corrected chi connectivity index (χ0v) is 34.1. The molecule has 4 aliphatic rings. The van der Waals surface area contributed by atoms with Gasteiger partial charge in [-0.05, 0) is 61.9 Å². The lowest BCUT2D eigenvalue weighted by Crippen LogP contribution is -2.58. The fraction of sp³-hybridized carbons (Fsp3) is 0.386. The molecule has 1 unspecified atom stereocenters. The first-order chi connectivity index (χ1) is 28.9. The summed E-state index contributed by atoms with van der Waals surface area (Å²) in [5.74, 6) is -1.15. The number of pyridine rings is 1. The van der Waals surface area contributed by atoms with Gasteiger partial charge in [-0.15, -0.1) is 0 Å². The molecule has 1 aromatic heterocycles. The van der Waals surface area contributed by atoms with Crippen molar-refractivity contribution in [3.63, 3.8) is 0 Å². The van der Waals surface area contributed by atoms with Crippen LogP contribution in [0.4, 0.5) is 4.79 Å². The molecule has 314 valence electrons. The van der Waals surface area contributed by atoms with Crippen LogP contribution in [0.15, 0.2) is 91.0 Å². The highest BCUT2D eigenvalue weighted by atomic mass is 32.2. The van der Waals surface area contributed by atoms with Gasteiger partial charge in [0.15, 0.2) is 0 Å². The predicted octanol–water partition coefficient (Wildman–Crippen LogP) is 4.44. The lowest BCUT2D eigenvalue weighted by molar-refractivity contribution is -0.141. The Kier molecular flexibility index (Phi) is 11.4. The minimum atomic E-state index is -3.99. The van der Waals surface area contributed by atoms with Crippen molar-refractivity contribution in [1.29, 1.82) is 0 Å². The topological polar surface area (TPSA) is 192 Å². The number of benzene rings is 3. The number of hydrogen-bond acceptors (Lipinski definition) is 11. The normalized spacial score (nSPS) is 24.9. The van der Waals surface area contributed by atoms with Gasteiger partial charge in [0.2, 0.25) is 21.8 Å². The number of alkyl carbamates (subject to hydrolysis) is 1. The smallest absolute Gasteiger partial charge is 0.408 e. The van der Waals surface area contributed by atoms with E-state index >= 15 is 0 Å². The van der Waals surface area contributed by atoms with Crippen LogP contribution in [0.2, 0.25) is 0 Å². The minimum Gasteiger partial charge on any atom is -0.497 e. The van der Waals surface area contributed by atoms with Crippen LogP contribution in [-0.4, -0.2) is 98.5 Å². The molecule has 16 heteroatoms. The van der Waals surface area contributed by atoms with Crippen LogP contribution < -0.4 is 29.6 Å². The average Bonchev–Trinajstić information content (AvgIpc) is 3.48. The largest absolute Gasteiger partial charge is 0.497 e. The summed E-state index contributed by atoms with van der Waals surface area (Å²) in [5.41, 5.74) is 1.16. The Bertz CT molecular complexity index is 2440. The molecule has 0 spiro atoms. The zero-order valence-electron chi connectivity index (χ0n) is 33.3. The summed E-state index contributed by atoms with van der Waals surface area (Å²) in [6, 6.07) is 21.6. The molecule has 2 aliphatic carbocycles. The van der Waals surface area contributed by atoms with Crippen LogP contribution in [0.5, 0.6) is 17.2 Å². The van der Waals surface area contributed by atoms with E-state index in [4.69, 9.17) is 23.9 Å². The van der Waals surface area contributed by atoms with Crippen molar-refractivity contribution in [3.8, 4) is 28.5 Å². The first-order valence-corrected chi connectivity index (χ1v) is 22.0. The number of aromatic nitrogens is 1. The third-order valence-corrected chi connectivity index (χ3v) is 12.0. The molecule has 1 saturated heterocycles. The Morgan fingerprint density at radius 1 is 0.983 bits per heavy atom. The van der Waals surface area contributed by atoms with Gasteiger partial charge < -0.3 is 34.5 Å². The standard InChI is InChI=1S/C44H47N5O10S/c1-56-31-17-18-34-36(22-31)45-35(28-11-4-3-5-12-28)24-39(34)58-33-23-38-40(50)47-44(42(52)48-60(2,54)55)25-29(44)13-9-19-57-32-16-8-10-27(20-32)21-37(41(51)49(38)26-33)46-43(53)59-30-14-6-7-15-30/h3-5,8-13,16-18,20,22,24,29-30,33,37-38H,6-7,14-15,19,21,23,25-26H2,1-2H3,(H,46,53)(H,47,50)(H,48,52)/b13-9-/t29?,33-,37-,38+,44+/m1/s1. The van der Waals surface area contributed by atoms with Crippen molar-refractivity contribution >= 4 is 44.7 Å². The van der Waals surface area contributed by atoms with Gasteiger partial charge in [0.05, 0.1) is 31.1 Å². The number of sulfonamides is 1. The molecule has 2 saturated carbocycles. The van der Waals surface area contributed by atoms with E-state index < -0.39 is 63.5 Å². The summed E-state index contributed by atoms with van der Waals surface area (Å²) < 4.78 is 50.5. The number of rotatable bonds is 8. The monoisotopic (exact) mass is 837 g/mol. The van der Waals surface area contributed by atoms with Crippen molar-refractivity contribution in [3.05, 3.63) is 96.6 Å². The highest BCUT2D eigenvalue weighted by Gasteiger charge is 2.61. The summed E-state index contributed by atoms with van der Waals surface area (Å²) in [5, 5.41) is 6.31. The fourth-order valence-corrected chi connectivity index (χ4v) is 8.87. The second kappa shape index (κ2) is 16.8. The Morgan fingerprint density at radius 3 is 2.55 bits per heavy atom. The van der Waals surface area contributed by atoms with E-state index in [-0.39, 0.29) is 38.5 Å². The summed E-state index contributed by atoms with van der Waals surface area (Å²) in [4.78, 5) is 62.8. The van der Waals surface area contributed by atoms with Gasteiger partial charge in [0.25, 0.3) is 5.91 Å². The molecule has 0 radical (unpaired) electrons. The van der Waals surface area contributed by atoms with Crippen LogP contribution in [-0.2, 0) is 35.6 Å². The van der Waals surface area contributed by atoms with Gasteiger partial charge in [-0.2, -0.15) is 0 Å². The van der Waals surface area contributed by atoms with Crippen LogP contribution in [0.25, 0.3) is 22.2 Å². The Balaban J connectivity index is 1.17. The molecule has 3 N–H and O–H groups in total. The number of amides is 4. The maximum atomic E-state index is 14.9. The van der Waals surface area contributed by atoms with Crippen molar-refractivity contribution in [1.82, 2.24) is 25.2 Å². The van der Waals surface area contributed by atoms with Gasteiger partial charge >= 0.3 is 6.09 Å². The Labute approximate surface area is 347 Å². The molecular formula is C44H47N5O10S. The van der Waals surface area contributed by atoms with Crippen LogP contribution >= 0.6 is 0 Å². The Morgan fingerprint density at radius 2 is 1.78 bits per heavy atom. The van der Waals surface area contributed by atoms with Gasteiger partial charge in [-0.1, -0.05) is 54.6 Å². The van der Waals surface area contributed by atoms with E-state index in [9.17, 15) is 27.6 Å². The van der Waals surface area contributed by atoms with E-state index in [0.29, 0.717) is 39.4 Å². The van der Waals surface area contributed by atoms with E-state index in [1.54, 1.807) is 49.6 Å². The molecule has 60 heavy (non-hydrogen) atoms. The van der Waals surface area contributed by atoms with Crippen molar-refractivity contribution in [2.24, 2.45) is 5.92 Å². The van der Waals surface area contributed by atoms with Crippen molar-refractivity contribution < 1.29 is 46.5 Å². The third-order valence-electron chi connectivity index (χ3n) is 11.5. The van der Waals surface area contributed by atoms with Gasteiger partial charge in [0, 0.05) is 41.8 Å². The summed E-state index contributed by atoms with van der Waals surface area (Å²) in [7, 11) is -2.43. The molecule has 5 atom stereocenters. The van der Waals surface area contributed by atoms with Crippen LogP contribution in [0.3, 0.4) is 0 Å². The molecule has 3 fully saturated rings. The van der Waals surface area contributed by atoms with E-state index in [2.05, 4.69) is 10.6 Å². The summed E-state index contributed by atoms with van der Waals surface area (Å²) in [6.45, 7) is 0.0479. The van der Waals surface area contributed by atoms with Gasteiger partial charge in [-0.25, -0.2) is 18.2 Å². The number of nitrogens with one attached hydrogen (secondary N) is 3. The molecule has 4 amide bonds. The molecule has 8 rings (SSSR count). The van der Waals surface area contributed by atoms with Gasteiger partial charge in [-0.3, -0.25) is 19.1 Å². The van der Waals surface area contributed by atoms with E-state index in [1.807, 2.05) is 53.3 Å². The molecule has 4 aromatic rings. The van der Waals surface area contributed by atoms with Crippen LogP contribution in [0.1, 0.15) is 44.1 Å². The molecule has 2 bridgehead atoms. The van der Waals surface area contributed by atoms with Gasteiger partial charge in [0.1, 0.15) is 53.7 Å². The summed E-state index contributed by atoms with van der Waals surface area (Å²) in [6.07, 6.45) is 6.01. The predicted molar refractivity (Wildman–Crippen MR) is 221 cm³/mol. The quantitative estimate of drug-likeness (QED) is 0.213.